The zero-order valence-corrected chi connectivity index (χ0v) is 18.5. The maximum Gasteiger partial charge on any atom is 0.267 e. The molecule has 2 aromatic rings. The maximum atomic E-state index is 14.6. The van der Waals surface area contributed by atoms with Crippen molar-refractivity contribution in [3.05, 3.63) is 65.0 Å². The Morgan fingerprint density at radius 1 is 1.23 bits per heavy atom. The molecule has 1 aliphatic carbocycles. The van der Waals surface area contributed by atoms with Crippen LogP contribution in [-0.4, -0.2) is 45.2 Å². The van der Waals surface area contributed by atoms with Gasteiger partial charge in [-0.1, -0.05) is 30.3 Å². The van der Waals surface area contributed by atoms with Gasteiger partial charge in [0, 0.05) is 31.1 Å². The number of rotatable bonds is 8. The Kier molecular flexibility index (Phi) is 6.03. The molecule has 1 saturated heterocycles. The quantitative estimate of drug-likeness (QED) is 0.672. The van der Waals surface area contributed by atoms with Crippen LogP contribution in [0, 0.1) is 11.7 Å². The SMILES string of the molecule is C[C@H](c1ccccc1)N1CC(COc2cc(F)c(C(=O)NS(C)(=O)=O)cc2C2CC2)C1. The second-order valence-electron chi connectivity index (χ2n) is 8.57. The molecule has 1 amide bonds. The van der Waals surface area contributed by atoms with Crippen LogP contribution in [-0.2, 0) is 10.0 Å². The van der Waals surface area contributed by atoms with E-state index < -0.39 is 21.7 Å². The first-order valence-electron chi connectivity index (χ1n) is 10.5. The summed E-state index contributed by atoms with van der Waals surface area (Å²) in [5.41, 5.74) is 1.78. The number of hydrogen-bond donors (Lipinski definition) is 1. The van der Waals surface area contributed by atoms with E-state index in [2.05, 4.69) is 24.0 Å². The minimum atomic E-state index is -3.77. The van der Waals surface area contributed by atoms with Crippen LogP contribution in [0.5, 0.6) is 5.75 Å². The van der Waals surface area contributed by atoms with E-state index in [1.165, 1.54) is 17.7 Å². The molecule has 0 bridgehead atoms. The third kappa shape index (κ3) is 5.25. The first-order valence-corrected chi connectivity index (χ1v) is 12.4. The molecule has 1 aliphatic heterocycles. The lowest BCUT2D eigenvalue weighted by atomic mass is 9.96. The van der Waals surface area contributed by atoms with Crippen LogP contribution in [0.4, 0.5) is 4.39 Å². The van der Waals surface area contributed by atoms with E-state index in [0.29, 0.717) is 24.3 Å². The molecular formula is C23H27FN2O4S. The van der Waals surface area contributed by atoms with E-state index in [1.54, 1.807) is 0 Å². The van der Waals surface area contributed by atoms with Gasteiger partial charge in [-0.05, 0) is 42.9 Å². The van der Waals surface area contributed by atoms with Crippen molar-refractivity contribution in [3.63, 3.8) is 0 Å². The largest absolute Gasteiger partial charge is 0.493 e. The van der Waals surface area contributed by atoms with Crippen LogP contribution in [0.1, 0.15) is 53.2 Å². The van der Waals surface area contributed by atoms with E-state index in [9.17, 15) is 17.6 Å². The normalized spacial score (nSPS) is 18.3. The van der Waals surface area contributed by atoms with Crippen molar-refractivity contribution in [2.45, 2.75) is 31.7 Å². The average Bonchev–Trinajstić information content (AvgIpc) is 3.51. The Balaban J connectivity index is 1.39. The molecule has 1 atom stereocenters. The fraction of sp³-hybridized carbons (Fsp3) is 0.435. The minimum Gasteiger partial charge on any atom is -0.493 e. The molecule has 166 valence electrons. The summed E-state index contributed by atoms with van der Waals surface area (Å²) < 4.78 is 45.0. The molecule has 2 aromatic carbocycles. The summed E-state index contributed by atoms with van der Waals surface area (Å²) in [6.07, 6.45) is 2.75. The molecule has 2 aliphatic rings. The van der Waals surface area contributed by atoms with Gasteiger partial charge in [0.15, 0.2) is 0 Å². The molecule has 0 radical (unpaired) electrons. The predicted molar refractivity (Wildman–Crippen MR) is 116 cm³/mol. The second-order valence-corrected chi connectivity index (χ2v) is 10.3. The van der Waals surface area contributed by atoms with Crippen LogP contribution in [0.2, 0.25) is 0 Å². The Hall–Kier alpha value is -2.45. The van der Waals surface area contributed by atoms with Crippen LogP contribution in [0.15, 0.2) is 42.5 Å². The first kappa shape index (κ1) is 21.8. The van der Waals surface area contributed by atoms with Gasteiger partial charge < -0.3 is 4.74 Å². The number of nitrogens with one attached hydrogen (secondary N) is 1. The van der Waals surface area contributed by atoms with Crippen molar-refractivity contribution >= 4 is 15.9 Å². The summed E-state index contributed by atoms with van der Waals surface area (Å²) in [7, 11) is -3.77. The molecule has 1 heterocycles. The van der Waals surface area contributed by atoms with Crippen molar-refractivity contribution in [1.29, 1.82) is 0 Å². The minimum absolute atomic E-state index is 0.219. The van der Waals surface area contributed by atoms with Gasteiger partial charge in [0.2, 0.25) is 10.0 Å². The standard InChI is InChI=1S/C23H27FN2O4S/c1-15(17-6-4-3-5-7-17)26-12-16(13-26)14-30-22-11-21(24)20(10-19(22)18-8-9-18)23(27)25-31(2,28)29/h3-7,10-11,15-16,18H,8-9,12-14H2,1-2H3,(H,25,27)/t15-/m1/s1. The molecule has 0 unspecified atom stereocenters. The number of benzene rings is 2. The lowest BCUT2D eigenvalue weighted by Crippen LogP contribution is -2.50. The number of amides is 1. The highest BCUT2D eigenvalue weighted by molar-refractivity contribution is 7.89. The van der Waals surface area contributed by atoms with Gasteiger partial charge in [0.25, 0.3) is 5.91 Å². The van der Waals surface area contributed by atoms with Crippen molar-refractivity contribution in [2.24, 2.45) is 5.92 Å². The van der Waals surface area contributed by atoms with E-state index in [1.807, 2.05) is 22.9 Å². The lowest BCUT2D eigenvalue weighted by Gasteiger charge is -2.43. The summed E-state index contributed by atoms with van der Waals surface area (Å²) in [4.78, 5) is 14.5. The van der Waals surface area contributed by atoms with E-state index >= 15 is 0 Å². The molecule has 8 heteroatoms. The fourth-order valence-corrected chi connectivity index (χ4v) is 4.44. The Morgan fingerprint density at radius 2 is 1.90 bits per heavy atom. The van der Waals surface area contributed by atoms with Crippen LogP contribution >= 0.6 is 0 Å². The number of nitrogens with zero attached hydrogens (tertiary/aromatic N) is 1. The highest BCUT2D eigenvalue weighted by Crippen LogP contribution is 2.45. The molecule has 0 aromatic heterocycles. The highest BCUT2D eigenvalue weighted by Gasteiger charge is 2.33. The second kappa shape index (κ2) is 8.59. The molecule has 31 heavy (non-hydrogen) atoms. The smallest absolute Gasteiger partial charge is 0.267 e. The van der Waals surface area contributed by atoms with Crippen LogP contribution < -0.4 is 9.46 Å². The third-order valence-corrected chi connectivity index (χ3v) is 6.49. The van der Waals surface area contributed by atoms with Gasteiger partial charge in [-0.25, -0.2) is 17.5 Å². The number of likely N-dealkylation sites (tertiary alicyclic amines) is 1. The summed E-state index contributed by atoms with van der Waals surface area (Å²) in [5.74, 6) is -0.720. The predicted octanol–water partition coefficient (Wildman–Crippen LogP) is 3.46. The van der Waals surface area contributed by atoms with Gasteiger partial charge in [0.1, 0.15) is 11.6 Å². The Bertz CT molecular complexity index is 1060. The Morgan fingerprint density at radius 3 is 2.52 bits per heavy atom. The average molecular weight is 447 g/mol. The molecule has 0 spiro atoms. The van der Waals surface area contributed by atoms with Gasteiger partial charge >= 0.3 is 0 Å². The number of ether oxygens (including phenoxy) is 1. The van der Waals surface area contributed by atoms with Crippen molar-refractivity contribution in [1.82, 2.24) is 9.62 Å². The zero-order chi connectivity index (χ0) is 22.2. The van der Waals surface area contributed by atoms with Gasteiger partial charge in [0.05, 0.1) is 18.4 Å². The third-order valence-electron chi connectivity index (χ3n) is 5.93. The molecule has 6 nitrogen and oxygen atoms in total. The fourth-order valence-electron chi connectivity index (χ4n) is 3.99. The maximum absolute atomic E-state index is 14.6. The number of hydrogen-bond acceptors (Lipinski definition) is 5. The summed E-state index contributed by atoms with van der Waals surface area (Å²) in [6.45, 7) is 4.48. The van der Waals surface area contributed by atoms with E-state index in [-0.39, 0.29) is 11.5 Å². The highest BCUT2D eigenvalue weighted by atomic mass is 32.2. The summed E-state index contributed by atoms with van der Waals surface area (Å²) in [5, 5.41) is 0. The van der Waals surface area contributed by atoms with Crippen molar-refractivity contribution in [2.75, 3.05) is 26.0 Å². The first-order chi connectivity index (χ1) is 14.7. The van der Waals surface area contributed by atoms with Gasteiger partial charge in [-0.3, -0.25) is 9.69 Å². The number of carbonyl (C=O) groups excluding carboxylic acids is 1. The molecular weight excluding hydrogens is 419 g/mol. The van der Waals surface area contributed by atoms with Crippen LogP contribution in [0.3, 0.4) is 0 Å². The monoisotopic (exact) mass is 446 g/mol. The Labute approximate surface area is 182 Å². The number of halogens is 1. The molecule has 2 fully saturated rings. The molecule has 4 rings (SSSR count). The summed E-state index contributed by atoms with van der Waals surface area (Å²) >= 11 is 0. The summed E-state index contributed by atoms with van der Waals surface area (Å²) in [6, 6.07) is 13.3. The van der Waals surface area contributed by atoms with Crippen molar-refractivity contribution < 1.29 is 22.3 Å². The van der Waals surface area contributed by atoms with E-state index in [0.717, 1.165) is 37.8 Å². The topological polar surface area (TPSA) is 75.7 Å². The number of carbonyl (C=O) groups is 1. The van der Waals surface area contributed by atoms with Gasteiger partial charge in [-0.15, -0.1) is 0 Å². The molecule has 1 N–H and O–H groups in total. The van der Waals surface area contributed by atoms with Gasteiger partial charge in [-0.2, -0.15) is 0 Å². The van der Waals surface area contributed by atoms with E-state index in [4.69, 9.17) is 4.74 Å². The van der Waals surface area contributed by atoms with Crippen LogP contribution in [0.25, 0.3) is 0 Å². The van der Waals surface area contributed by atoms with Crippen molar-refractivity contribution in [3.8, 4) is 5.75 Å². The lowest BCUT2D eigenvalue weighted by molar-refractivity contribution is 0.0307. The molecule has 1 saturated carbocycles. The zero-order valence-electron chi connectivity index (χ0n) is 17.7. The number of sulfonamides is 1.